The van der Waals surface area contributed by atoms with Gasteiger partial charge in [-0.05, 0) is 19.9 Å². The molecule has 0 aromatic carbocycles. The molecule has 1 N–H and O–H groups in total. The third-order valence-corrected chi connectivity index (χ3v) is 2.41. The molecule has 1 aromatic heterocycles. The number of nitrogens with zero attached hydrogens (tertiary/aromatic N) is 2. The maximum atomic E-state index is 10.9. The van der Waals surface area contributed by atoms with Crippen LogP contribution in [0.4, 0.5) is 0 Å². The molecule has 0 radical (unpaired) electrons. The number of hydrogen-bond acceptors (Lipinski definition) is 5. The maximum absolute atomic E-state index is 10.9. The van der Waals surface area contributed by atoms with Gasteiger partial charge in [-0.25, -0.2) is 4.79 Å². The molecule has 0 atom stereocenters. The lowest BCUT2D eigenvalue weighted by atomic mass is 10.1. The summed E-state index contributed by atoms with van der Waals surface area (Å²) < 4.78 is 10.5. The van der Waals surface area contributed by atoms with Crippen LogP contribution in [0.25, 0.3) is 0 Å². The van der Waals surface area contributed by atoms with E-state index in [9.17, 15) is 4.79 Å². The van der Waals surface area contributed by atoms with E-state index in [1.807, 2.05) is 13.8 Å². The highest BCUT2D eigenvalue weighted by molar-refractivity contribution is 5.89. The Morgan fingerprint density at radius 1 is 1.53 bits per heavy atom. The van der Waals surface area contributed by atoms with E-state index < -0.39 is 5.97 Å². The summed E-state index contributed by atoms with van der Waals surface area (Å²) in [6.07, 6.45) is 1.94. The topological polar surface area (TPSA) is 81.5 Å². The van der Waals surface area contributed by atoms with Gasteiger partial charge in [-0.2, -0.15) is 5.10 Å². The van der Waals surface area contributed by atoms with Gasteiger partial charge in [-0.3, -0.25) is 0 Å². The quantitative estimate of drug-likeness (QED) is 0.808. The van der Waals surface area contributed by atoms with Crippen LogP contribution in [0.3, 0.4) is 0 Å². The molecule has 0 amide bonds. The Morgan fingerprint density at radius 3 is 2.82 bits per heavy atom. The Balaban J connectivity index is 2.61. The first-order valence-electron chi connectivity index (χ1n) is 5.19. The van der Waals surface area contributed by atoms with Crippen molar-refractivity contribution in [3.05, 3.63) is 17.8 Å². The number of carboxylic acids is 1. The van der Waals surface area contributed by atoms with Crippen LogP contribution in [0.1, 0.15) is 30.6 Å². The molecule has 0 spiro atoms. The smallest absolute Gasteiger partial charge is 0.341 e. The van der Waals surface area contributed by atoms with E-state index in [-0.39, 0.29) is 17.0 Å². The van der Waals surface area contributed by atoms with Gasteiger partial charge >= 0.3 is 5.97 Å². The second kappa shape index (κ2) is 5.58. The van der Waals surface area contributed by atoms with Crippen LogP contribution < -0.4 is 4.74 Å². The van der Waals surface area contributed by atoms with Gasteiger partial charge in [0, 0.05) is 13.5 Å². The molecule has 6 heteroatoms. The van der Waals surface area contributed by atoms with E-state index in [0.29, 0.717) is 13.0 Å². The second-order valence-electron chi connectivity index (χ2n) is 4.12. The molecule has 1 aromatic rings. The fraction of sp³-hybridized carbons (Fsp3) is 0.545. The summed E-state index contributed by atoms with van der Waals surface area (Å²) in [4.78, 5) is 10.9. The Kier molecular flexibility index (Phi) is 4.39. The van der Waals surface area contributed by atoms with E-state index in [0.717, 1.165) is 0 Å². The Bertz CT molecular complexity index is 393. The predicted molar refractivity (Wildman–Crippen MR) is 60.2 cm³/mol. The van der Waals surface area contributed by atoms with E-state index in [1.54, 1.807) is 7.11 Å². The van der Waals surface area contributed by atoms with Gasteiger partial charge in [0.1, 0.15) is 5.56 Å². The molecule has 94 valence electrons. The summed E-state index contributed by atoms with van der Waals surface area (Å²) in [6, 6.07) is 1.35. The second-order valence-corrected chi connectivity index (χ2v) is 4.12. The van der Waals surface area contributed by atoms with Crippen LogP contribution in [0, 0.1) is 0 Å². The number of rotatable bonds is 6. The molecule has 0 aliphatic carbocycles. The Hall–Kier alpha value is -1.69. The molecule has 6 nitrogen and oxygen atoms in total. The number of ether oxygens (including phenoxy) is 2. The summed E-state index contributed by atoms with van der Waals surface area (Å²) >= 11 is 0. The van der Waals surface area contributed by atoms with Gasteiger partial charge in [-0.1, -0.05) is 0 Å². The number of carbonyl (C=O) groups is 1. The van der Waals surface area contributed by atoms with Gasteiger partial charge in [-0.15, -0.1) is 5.10 Å². The SMILES string of the molecule is COC(C)(C)CCOc1nnccc1C(=O)O. The van der Waals surface area contributed by atoms with E-state index in [1.165, 1.54) is 12.3 Å². The number of carboxylic acid groups (broad SMARTS) is 1. The van der Waals surface area contributed by atoms with Crippen molar-refractivity contribution >= 4 is 5.97 Å². The van der Waals surface area contributed by atoms with E-state index in [2.05, 4.69) is 10.2 Å². The van der Waals surface area contributed by atoms with Gasteiger partial charge in [0.05, 0.1) is 18.4 Å². The van der Waals surface area contributed by atoms with Crippen LogP contribution in [0.5, 0.6) is 5.88 Å². The van der Waals surface area contributed by atoms with Crippen molar-refractivity contribution in [1.29, 1.82) is 0 Å². The van der Waals surface area contributed by atoms with Gasteiger partial charge in [0.2, 0.25) is 5.88 Å². The monoisotopic (exact) mass is 240 g/mol. The molecule has 0 fully saturated rings. The third-order valence-electron chi connectivity index (χ3n) is 2.41. The maximum Gasteiger partial charge on any atom is 0.341 e. The summed E-state index contributed by atoms with van der Waals surface area (Å²) in [7, 11) is 1.62. The molecule has 0 aliphatic rings. The highest BCUT2D eigenvalue weighted by Crippen LogP contribution is 2.16. The summed E-state index contributed by atoms with van der Waals surface area (Å²) in [5, 5.41) is 16.1. The first-order valence-corrected chi connectivity index (χ1v) is 5.19. The van der Waals surface area contributed by atoms with Crippen LogP contribution in [-0.2, 0) is 4.74 Å². The number of methoxy groups -OCH3 is 1. The Morgan fingerprint density at radius 2 is 2.24 bits per heavy atom. The predicted octanol–water partition coefficient (Wildman–Crippen LogP) is 1.37. The lowest BCUT2D eigenvalue weighted by Gasteiger charge is -2.22. The fourth-order valence-corrected chi connectivity index (χ4v) is 1.08. The minimum Gasteiger partial charge on any atom is -0.477 e. The minimum atomic E-state index is -1.08. The molecule has 1 heterocycles. The molecule has 17 heavy (non-hydrogen) atoms. The number of aromatic carboxylic acids is 1. The first-order chi connectivity index (χ1) is 7.96. The van der Waals surface area contributed by atoms with Crippen molar-refractivity contribution < 1.29 is 19.4 Å². The van der Waals surface area contributed by atoms with Crippen LogP contribution in [0.2, 0.25) is 0 Å². The average Bonchev–Trinajstić information content (AvgIpc) is 2.29. The largest absolute Gasteiger partial charge is 0.477 e. The van der Waals surface area contributed by atoms with Crippen molar-refractivity contribution in [2.45, 2.75) is 25.9 Å². The molecule has 1 rings (SSSR count). The molecule has 0 saturated carbocycles. The van der Waals surface area contributed by atoms with E-state index >= 15 is 0 Å². The molecule has 0 aliphatic heterocycles. The first kappa shape index (κ1) is 13.4. The molecule has 0 saturated heterocycles. The minimum absolute atomic E-state index is 0.00947. The molecular weight excluding hydrogens is 224 g/mol. The average molecular weight is 240 g/mol. The highest BCUT2D eigenvalue weighted by atomic mass is 16.5. The highest BCUT2D eigenvalue weighted by Gasteiger charge is 2.18. The summed E-state index contributed by atoms with van der Waals surface area (Å²) in [5.41, 5.74) is -0.304. The third kappa shape index (κ3) is 3.99. The molecule has 0 bridgehead atoms. The van der Waals surface area contributed by atoms with Crippen molar-refractivity contribution in [3.63, 3.8) is 0 Å². The zero-order valence-corrected chi connectivity index (χ0v) is 10.1. The van der Waals surface area contributed by atoms with Gasteiger partial charge in [0.15, 0.2) is 0 Å². The van der Waals surface area contributed by atoms with Gasteiger partial charge < -0.3 is 14.6 Å². The van der Waals surface area contributed by atoms with Crippen molar-refractivity contribution in [2.75, 3.05) is 13.7 Å². The van der Waals surface area contributed by atoms with Crippen LogP contribution in [0.15, 0.2) is 12.3 Å². The van der Waals surface area contributed by atoms with Crippen LogP contribution >= 0.6 is 0 Å². The number of hydrogen-bond donors (Lipinski definition) is 1. The fourth-order valence-electron chi connectivity index (χ4n) is 1.08. The van der Waals surface area contributed by atoms with E-state index in [4.69, 9.17) is 14.6 Å². The van der Waals surface area contributed by atoms with Crippen molar-refractivity contribution in [1.82, 2.24) is 10.2 Å². The number of aromatic nitrogens is 2. The molecule has 0 unspecified atom stereocenters. The van der Waals surface area contributed by atoms with Gasteiger partial charge in [0.25, 0.3) is 0 Å². The summed E-state index contributed by atoms with van der Waals surface area (Å²) in [6.45, 7) is 4.16. The summed E-state index contributed by atoms with van der Waals surface area (Å²) in [5.74, 6) is -1.05. The normalized spacial score (nSPS) is 11.2. The Labute approximate surface area is 99.6 Å². The molecular formula is C11H16N2O4. The van der Waals surface area contributed by atoms with Crippen LogP contribution in [-0.4, -0.2) is 40.6 Å². The zero-order valence-electron chi connectivity index (χ0n) is 10.1. The van der Waals surface area contributed by atoms with Crippen molar-refractivity contribution in [3.8, 4) is 5.88 Å². The zero-order chi connectivity index (χ0) is 12.9. The lowest BCUT2D eigenvalue weighted by molar-refractivity contribution is 0.00491. The lowest BCUT2D eigenvalue weighted by Crippen LogP contribution is -2.25. The standard InChI is InChI=1S/C11H16N2O4/c1-11(2,16-3)5-7-17-9-8(10(14)15)4-6-12-13-9/h4,6H,5,7H2,1-3H3,(H,14,15). The van der Waals surface area contributed by atoms with Crippen molar-refractivity contribution in [2.24, 2.45) is 0 Å².